The summed E-state index contributed by atoms with van der Waals surface area (Å²) in [5.41, 5.74) is 6.89. The summed E-state index contributed by atoms with van der Waals surface area (Å²) in [4.78, 5) is 0. The third kappa shape index (κ3) is 3.95. The molecule has 1 atom stereocenters. The van der Waals surface area contributed by atoms with Crippen LogP contribution in [-0.2, 0) is 4.74 Å². The highest BCUT2D eigenvalue weighted by Crippen LogP contribution is 2.24. The molecule has 0 spiro atoms. The van der Waals surface area contributed by atoms with E-state index in [2.05, 4.69) is 0 Å². The predicted molar refractivity (Wildman–Crippen MR) is 72.4 cm³/mol. The highest BCUT2D eigenvalue weighted by molar-refractivity contribution is 5.86. The van der Waals surface area contributed by atoms with Crippen molar-refractivity contribution in [1.29, 1.82) is 0 Å². The minimum absolute atomic E-state index is 0.0735. The molecule has 20 heavy (non-hydrogen) atoms. The first-order valence-corrected chi connectivity index (χ1v) is 6.35. The van der Waals surface area contributed by atoms with E-state index in [1.807, 2.05) is 42.5 Å². The van der Waals surface area contributed by atoms with Gasteiger partial charge in [-0.1, -0.05) is 42.5 Å². The van der Waals surface area contributed by atoms with Crippen LogP contribution in [0.5, 0.6) is 0 Å². The molecule has 2 aromatic carbocycles. The highest BCUT2D eigenvalue weighted by atomic mass is 19.4. The van der Waals surface area contributed by atoms with Crippen LogP contribution < -0.4 is 5.73 Å². The molecule has 0 aliphatic carbocycles. The van der Waals surface area contributed by atoms with Crippen molar-refractivity contribution in [2.75, 3.05) is 13.2 Å². The molecule has 0 bridgehead atoms. The van der Waals surface area contributed by atoms with Crippen molar-refractivity contribution in [1.82, 2.24) is 0 Å². The van der Waals surface area contributed by atoms with E-state index in [9.17, 15) is 13.2 Å². The summed E-state index contributed by atoms with van der Waals surface area (Å²) in [5, 5.41) is 2.05. The largest absolute Gasteiger partial charge is 0.391 e. The maximum absolute atomic E-state index is 12.0. The zero-order valence-electron chi connectivity index (χ0n) is 10.9. The predicted octanol–water partition coefficient (Wildman–Crippen LogP) is 3.81. The smallest absolute Gasteiger partial charge is 0.379 e. The number of ether oxygens (including phenoxy) is 1. The normalized spacial score (nSPS) is 13.6. The second-order valence-electron chi connectivity index (χ2n) is 4.61. The third-order valence-electron chi connectivity index (χ3n) is 3.05. The standard InChI is InChI=1S/C15H16F3NO/c16-15(17,18)8-9-20-10-14(19)13-7-3-5-11-4-1-2-6-12(11)13/h1-7,14H,8-10,19H2. The van der Waals surface area contributed by atoms with Gasteiger partial charge >= 0.3 is 6.18 Å². The summed E-state index contributed by atoms with van der Waals surface area (Å²) in [6.45, 7) is -0.286. The number of hydrogen-bond donors (Lipinski definition) is 1. The lowest BCUT2D eigenvalue weighted by Gasteiger charge is -2.15. The Labute approximate surface area is 115 Å². The van der Waals surface area contributed by atoms with E-state index in [1.165, 1.54) is 0 Å². The summed E-state index contributed by atoms with van der Waals surface area (Å²) < 4.78 is 41.0. The third-order valence-corrected chi connectivity index (χ3v) is 3.05. The molecule has 2 nitrogen and oxygen atoms in total. The van der Waals surface area contributed by atoms with Crippen LogP contribution in [0, 0.1) is 0 Å². The Morgan fingerprint density at radius 1 is 1.05 bits per heavy atom. The van der Waals surface area contributed by atoms with Crippen molar-refractivity contribution < 1.29 is 17.9 Å². The summed E-state index contributed by atoms with van der Waals surface area (Å²) in [6.07, 6.45) is -5.14. The number of rotatable bonds is 5. The average molecular weight is 283 g/mol. The molecule has 108 valence electrons. The monoisotopic (exact) mass is 283 g/mol. The van der Waals surface area contributed by atoms with Crippen LogP contribution in [0.2, 0.25) is 0 Å². The minimum atomic E-state index is -4.19. The molecule has 5 heteroatoms. The Kier molecular flexibility index (Phi) is 4.62. The van der Waals surface area contributed by atoms with Crippen LogP contribution in [0.15, 0.2) is 42.5 Å². The first kappa shape index (κ1) is 14.8. The van der Waals surface area contributed by atoms with Gasteiger partial charge in [-0.2, -0.15) is 13.2 Å². The molecular formula is C15H16F3NO. The van der Waals surface area contributed by atoms with E-state index in [0.717, 1.165) is 16.3 Å². The van der Waals surface area contributed by atoms with Gasteiger partial charge in [0.05, 0.1) is 25.7 Å². The fourth-order valence-electron chi connectivity index (χ4n) is 2.06. The highest BCUT2D eigenvalue weighted by Gasteiger charge is 2.26. The Bertz CT molecular complexity index is 563. The van der Waals surface area contributed by atoms with Gasteiger partial charge in [-0.25, -0.2) is 0 Å². The van der Waals surface area contributed by atoms with Gasteiger partial charge in [-0.05, 0) is 16.3 Å². The van der Waals surface area contributed by atoms with E-state index in [1.54, 1.807) is 0 Å². The number of hydrogen-bond acceptors (Lipinski definition) is 2. The Morgan fingerprint density at radius 3 is 2.50 bits per heavy atom. The van der Waals surface area contributed by atoms with Crippen molar-refractivity contribution in [3.8, 4) is 0 Å². The van der Waals surface area contributed by atoms with E-state index < -0.39 is 18.6 Å². The molecule has 2 N–H and O–H groups in total. The molecule has 0 amide bonds. The van der Waals surface area contributed by atoms with Gasteiger partial charge in [0.2, 0.25) is 0 Å². The zero-order valence-corrected chi connectivity index (χ0v) is 10.9. The summed E-state index contributed by atoms with van der Waals surface area (Å²) in [7, 11) is 0. The van der Waals surface area contributed by atoms with Crippen molar-refractivity contribution in [2.24, 2.45) is 5.73 Å². The molecule has 0 radical (unpaired) electrons. The summed E-state index contributed by atoms with van der Waals surface area (Å²) in [6, 6.07) is 13.0. The maximum atomic E-state index is 12.0. The Balaban J connectivity index is 1.99. The lowest BCUT2D eigenvalue weighted by Crippen LogP contribution is -2.19. The van der Waals surface area contributed by atoms with E-state index in [4.69, 9.17) is 10.5 Å². The first-order valence-electron chi connectivity index (χ1n) is 6.35. The number of nitrogens with two attached hydrogens (primary N) is 1. The molecule has 0 aromatic heterocycles. The number of benzene rings is 2. The Morgan fingerprint density at radius 2 is 1.75 bits per heavy atom. The van der Waals surface area contributed by atoms with Crippen molar-refractivity contribution in [3.63, 3.8) is 0 Å². The second kappa shape index (κ2) is 6.24. The van der Waals surface area contributed by atoms with Gasteiger partial charge < -0.3 is 10.5 Å². The average Bonchev–Trinajstić information content (AvgIpc) is 2.41. The van der Waals surface area contributed by atoms with Gasteiger partial charge in [-0.3, -0.25) is 0 Å². The fraction of sp³-hybridized carbons (Fsp3) is 0.333. The van der Waals surface area contributed by atoms with E-state index >= 15 is 0 Å². The van der Waals surface area contributed by atoms with Crippen molar-refractivity contribution in [2.45, 2.75) is 18.6 Å². The molecule has 2 aromatic rings. The zero-order chi connectivity index (χ0) is 14.6. The molecule has 0 fully saturated rings. The van der Waals surface area contributed by atoms with Crippen LogP contribution in [0.1, 0.15) is 18.0 Å². The van der Waals surface area contributed by atoms with Crippen molar-refractivity contribution >= 4 is 10.8 Å². The molecule has 0 saturated carbocycles. The van der Waals surface area contributed by atoms with E-state index in [0.29, 0.717) is 0 Å². The first-order chi connectivity index (χ1) is 9.47. The summed E-state index contributed by atoms with van der Waals surface area (Å²) >= 11 is 0. The van der Waals surface area contributed by atoms with Crippen molar-refractivity contribution in [3.05, 3.63) is 48.0 Å². The lowest BCUT2D eigenvalue weighted by molar-refractivity contribution is -0.145. The van der Waals surface area contributed by atoms with E-state index in [-0.39, 0.29) is 13.2 Å². The lowest BCUT2D eigenvalue weighted by atomic mass is 10.00. The molecule has 0 heterocycles. The van der Waals surface area contributed by atoms with Crippen LogP contribution >= 0.6 is 0 Å². The second-order valence-corrected chi connectivity index (χ2v) is 4.61. The quantitative estimate of drug-likeness (QED) is 0.847. The Hall–Kier alpha value is -1.59. The van der Waals surface area contributed by atoms with Crippen LogP contribution in [0.25, 0.3) is 10.8 Å². The molecule has 0 aliphatic heterocycles. The summed E-state index contributed by atoms with van der Waals surface area (Å²) in [5.74, 6) is 0. The molecule has 2 rings (SSSR count). The molecule has 0 aliphatic rings. The van der Waals surface area contributed by atoms with Crippen LogP contribution in [-0.4, -0.2) is 19.4 Å². The fourth-order valence-corrected chi connectivity index (χ4v) is 2.06. The topological polar surface area (TPSA) is 35.2 Å². The van der Waals surface area contributed by atoms with Gasteiger partial charge in [-0.15, -0.1) is 0 Å². The molecule has 0 saturated heterocycles. The molecule has 1 unspecified atom stereocenters. The van der Waals surface area contributed by atoms with Gasteiger partial charge in [0.25, 0.3) is 0 Å². The van der Waals surface area contributed by atoms with Crippen LogP contribution in [0.3, 0.4) is 0 Å². The van der Waals surface area contributed by atoms with Gasteiger partial charge in [0.1, 0.15) is 0 Å². The minimum Gasteiger partial charge on any atom is -0.379 e. The maximum Gasteiger partial charge on any atom is 0.391 e. The molecular weight excluding hydrogens is 267 g/mol. The SMILES string of the molecule is NC(COCCC(F)(F)F)c1cccc2ccccc12. The van der Waals surface area contributed by atoms with Gasteiger partial charge in [0.15, 0.2) is 0 Å². The van der Waals surface area contributed by atoms with Gasteiger partial charge in [0, 0.05) is 0 Å². The van der Waals surface area contributed by atoms with Crippen LogP contribution in [0.4, 0.5) is 13.2 Å². The number of alkyl halides is 3. The number of fused-ring (bicyclic) bond motifs is 1. The number of halogens is 3.